The van der Waals surface area contributed by atoms with Crippen LogP contribution in [0.15, 0.2) is 0 Å². The standard InChI is InChI=1S/C10H19NO4/c1-7(6-15-2)3-10(14)11-4-8(12)9(13)5-11/h7-9,12-13H,3-6H2,1-2H3. The quantitative estimate of drug-likeness (QED) is 0.648. The van der Waals surface area contributed by atoms with Crippen molar-refractivity contribution < 1.29 is 19.7 Å². The fourth-order valence-electron chi connectivity index (χ4n) is 1.74. The van der Waals surface area contributed by atoms with Gasteiger partial charge in [-0.3, -0.25) is 4.79 Å². The summed E-state index contributed by atoms with van der Waals surface area (Å²) in [4.78, 5) is 13.2. The highest BCUT2D eigenvalue weighted by atomic mass is 16.5. The number of carbonyl (C=O) groups is 1. The molecular weight excluding hydrogens is 198 g/mol. The molecule has 0 aromatic heterocycles. The fourth-order valence-corrected chi connectivity index (χ4v) is 1.74. The maximum atomic E-state index is 11.7. The first-order valence-electron chi connectivity index (χ1n) is 5.17. The van der Waals surface area contributed by atoms with E-state index in [1.807, 2.05) is 6.92 Å². The van der Waals surface area contributed by atoms with Gasteiger partial charge >= 0.3 is 0 Å². The van der Waals surface area contributed by atoms with Crippen LogP contribution in [0.5, 0.6) is 0 Å². The number of hydrogen-bond donors (Lipinski definition) is 2. The minimum Gasteiger partial charge on any atom is -0.388 e. The zero-order valence-electron chi connectivity index (χ0n) is 9.22. The maximum absolute atomic E-state index is 11.7. The van der Waals surface area contributed by atoms with Crippen molar-refractivity contribution in [3.63, 3.8) is 0 Å². The Hall–Kier alpha value is -0.650. The molecule has 0 aliphatic carbocycles. The molecule has 5 nitrogen and oxygen atoms in total. The Morgan fingerprint density at radius 1 is 1.47 bits per heavy atom. The van der Waals surface area contributed by atoms with Crippen LogP contribution in [-0.4, -0.2) is 60.0 Å². The van der Waals surface area contributed by atoms with E-state index in [9.17, 15) is 15.0 Å². The molecule has 0 aromatic carbocycles. The molecule has 3 atom stereocenters. The number of carbonyl (C=O) groups excluding carboxylic acids is 1. The van der Waals surface area contributed by atoms with Gasteiger partial charge < -0.3 is 19.8 Å². The van der Waals surface area contributed by atoms with Gasteiger partial charge in [0, 0.05) is 33.2 Å². The van der Waals surface area contributed by atoms with E-state index in [0.29, 0.717) is 13.0 Å². The number of β-amino-alcohol motifs (C(OH)–C–C–N with tert-alkyl or cyclic N) is 2. The Morgan fingerprint density at radius 3 is 2.47 bits per heavy atom. The normalized spacial score (nSPS) is 28.1. The van der Waals surface area contributed by atoms with Crippen LogP contribution in [0, 0.1) is 5.92 Å². The Bertz CT molecular complexity index is 211. The van der Waals surface area contributed by atoms with Gasteiger partial charge in [0.2, 0.25) is 5.91 Å². The second-order valence-corrected chi connectivity index (χ2v) is 4.20. The lowest BCUT2D eigenvalue weighted by atomic mass is 10.1. The first kappa shape index (κ1) is 12.4. The van der Waals surface area contributed by atoms with Crippen molar-refractivity contribution in [2.24, 2.45) is 5.92 Å². The van der Waals surface area contributed by atoms with Crippen molar-refractivity contribution in [2.45, 2.75) is 25.6 Å². The molecule has 1 saturated heterocycles. The second kappa shape index (κ2) is 5.44. The van der Waals surface area contributed by atoms with Crippen molar-refractivity contribution in [1.29, 1.82) is 0 Å². The van der Waals surface area contributed by atoms with Gasteiger partial charge in [-0.25, -0.2) is 0 Å². The molecule has 0 saturated carbocycles. The SMILES string of the molecule is COCC(C)CC(=O)N1CC(O)C(O)C1. The molecule has 0 bridgehead atoms. The highest BCUT2D eigenvalue weighted by molar-refractivity contribution is 5.76. The topological polar surface area (TPSA) is 70.0 Å². The number of likely N-dealkylation sites (tertiary alicyclic amines) is 1. The summed E-state index contributed by atoms with van der Waals surface area (Å²) < 4.78 is 4.94. The molecule has 0 aromatic rings. The summed E-state index contributed by atoms with van der Waals surface area (Å²) >= 11 is 0. The number of rotatable bonds is 4. The minimum atomic E-state index is -0.799. The van der Waals surface area contributed by atoms with Crippen LogP contribution in [-0.2, 0) is 9.53 Å². The van der Waals surface area contributed by atoms with Crippen molar-refractivity contribution in [2.75, 3.05) is 26.8 Å². The fraction of sp³-hybridized carbons (Fsp3) is 0.900. The number of methoxy groups -OCH3 is 1. The van der Waals surface area contributed by atoms with Crippen molar-refractivity contribution in [3.8, 4) is 0 Å². The number of aliphatic hydroxyl groups is 2. The lowest BCUT2D eigenvalue weighted by molar-refractivity contribution is -0.132. The average molecular weight is 217 g/mol. The number of nitrogens with zero attached hydrogens (tertiary/aromatic N) is 1. The van der Waals surface area contributed by atoms with E-state index in [4.69, 9.17) is 4.74 Å². The first-order valence-corrected chi connectivity index (χ1v) is 5.17. The van der Waals surface area contributed by atoms with Gasteiger partial charge in [-0.1, -0.05) is 6.92 Å². The molecule has 0 radical (unpaired) electrons. The molecule has 1 rings (SSSR count). The van der Waals surface area contributed by atoms with E-state index in [1.54, 1.807) is 7.11 Å². The monoisotopic (exact) mass is 217 g/mol. The lowest BCUT2D eigenvalue weighted by Crippen LogP contribution is -2.31. The first-order chi connectivity index (χ1) is 7.04. The summed E-state index contributed by atoms with van der Waals surface area (Å²) in [6.07, 6.45) is -1.20. The van der Waals surface area contributed by atoms with Crippen molar-refractivity contribution in [3.05, 3.63) is 0 Å². The van der Waals surface area contributed by atoms with Crippen LogP contribution in [0.1, 0.15) is 13.3 Å². The van der Waals surface area contributed by atoms with E-state index in [1.165, 1.54) is 4.90 Å². The molecule has 2 N–H and O–H groups in total. The predicted octanol–water partition coefficient (Wildman–Crippen LogP) is -0.777. The highest BCUT2D eigenvalue weighted by Gasteiger charge is 2.32. The largest absolute Gasteiger partial charge is 0.388 e. The summed E-state index contributed by atoms with van der Waals surface area (Å²) in [7, 11) is 1.60. The van der Waals surface area contributed by atoms with E-state index < -0.39 is 12.2 Å². The lowest BCUT2D eigenvalue weighted by Gasteiger charge is -2.17. The van der Waals surface area contributed by atoms with E-state index >= 15 is 0 Å². The Kier molecular flexibility index (Phi) is 4.50. The molecule has 1 amide bonds. The van der Waals surface area contributed by atoms with Gasteiger partial charge in [-0.05, 0) is 5.92 Å². The third-order valence-electron chi connectivity index (χ3n) is 2.59. The van der Waals surface area contributed by atoms with Crippen LogP contribution >= 0.6 is 0 Å². The van der Waals surface area contributed by atoms with Gasteiger partial charge in [0.15, 0.2) is 0 Å². The van der Waals surface area contributed by atoms with Gasteiger partial charge in [0.25, 0.3) is 0 Å². The molecule has 15 heavy (non-hydrogen) atoms. The molecule has 5 heteroatoms. The summed E-state index contributed by atoms with van der Waals surface area (Å²) in [6, 6.07) is 0. The summed E-state index contributed by atoms with van der Waals surface area (Å²) in [5, 5.41) is 18.6. The number of ether oxygens (including phenoxy) is 1. The van der Waals surface area contributed by atoms with Crippen molar-refractivity contribution >= 4 is 5.91 Å². The Labute approximate surface area is 89.6 Å². The van der Waals surface area contributed by atoms with Gasteiger partial charge in [-0.15, -0.1) is 0 Å². The third-order valence-corrected chi connectivity index (χ3v) is 2.59. The molecule has 3 unspecified atom stereocenters. The zero-order chi connectivity index (χ0) is 11.4. The molecule has 1 fully saturated rings. The third kappa shape index (κ3) is 3.44. The van der Waals surface area contributed by atoms with Crippen LogP contribution in [0.2, 0.25) is 0 Å². The summed E-state index contributed by atoms with van der Waals surface area (Å²) in [6.45, 7) is 2.95. The van der Waals surface area contributed by atoms with Crippen LogP contribution < -0.4 is 0 Å². The average Bonchev–Trinajstić information content (AvgIpc) is 2.47. The minimum absolute atomic E-state index is 0.0323. The van der Waals surface area contributed by atoms with Gasteiger partial charge in [0.05, 0.1) is 12.2 Å². The summed E-state index contributed by atoms with van der Waals surface area (Å²) in [5.74, 6) is 0.132. The molecule has 1 aliphatic heterocycles. The smallest absolute Gasteiger partial charge is 0.223 e. The van der Waals surface area contributed by atoms with Crippen LogP contribution in [0.3, 0.4) is 0 Å². The zero-order valence-corrected chi connectivity index (χ0v) is 9.22. The van der Waals surface area contributed by atoms with Gasteiger partial charge in [0.1, 0.15) is 0 Å². The Balaban J connectivity index is 2.35. The van der Waals surface area contributed by atoms with Gasteiger partial charge in [-0.2, -0.15) is 0 Å². The summed E-state index contributed by atoms with van der Waals surface area (Å²) in [5.41, 5.74) is 0. The molecule has 88 valence electrons. The number of aliphatic hydroxyl groups excluding tert-OH is 2. The molecular formula is C10H19NO4. The van der Waals surface area contributed by atoms with Crippen LogP contribution in [0.25, 0.3) is 0 Å². The number of amides is 1. The Morgan fingerprint density at radius 2 is 2.00 bits per heavy atom. The predicted molar refractivity (Wildman–Crippen MR) is 54.3 cm³/mol. The maximum Gasteiger partial charge on any atom is 0.223 e. The molecule has 1 heterocycles. The van der Waals surface area contributed by atoms with E-state index in [-0.39, 0.29) is 24.9 Å². The van der Waals surface area contributed by atoms with E-state index in [2.05, 4.69) is 0 Å². The highest BCUT2D eigenvalue weighted by Crippen LogP contribution is 2.13. The van der Waals surface area contributed by atoms with Crippen LogP contribution in [0.4, 0.5) is 0 Å². The van der Waals surface area contributed by atoms with Crippen molar-refractivity contribution in [1.82, 2.24) is 4.90 Å². The molecule has 0 spiro atoms. The number of hydrogen-bond acceptors (Lipinski definition) is 4. The molecule has 1 aliphatic rings. The van der Waals surface area contributed by atoms with E-state index in [0.717, 1.165) is 0 Å². The second-order valence-electron chi connectivity index (χ2n) is 4.20.